The molecule has 2 aromatic carbocycles. The fourth-order valence-corrected chi connectivity index (χ4v) is 3.55. The van der Waals surface area contributed by atoms with E-state index in [9.17, 15) is 17.2 Å². The van der Waals surface area contributed by atoms with E-state index in [1.54, 1.807) is 0 Å². The Balaban J connectivity index is 2.43. The molecule has 0 saturated carbocycles. The molecule has 0 amide bonds. The molecule has 2 N–H and O–H groups in total. The third-order valence-electron chi connectivity index (χ3n) is 3.26. The lowest BCUT2D eigenvalue weighted by atomic mass is 10.2. The van der Waals surface area contributed by atoms with Crippen molar-refractivity contribution in [3.63, 3.8) is 0 Å². The number of hydrogen-bond donors (Lipinski definition) is 1. The van der Waals surface area contributed by atoms with Crippen molar-refractivity contribution in [1.82, 2.24) is 0 Å². The topological polar surface area (TPSA) is 69.4 Å². The smallest absolute Gasteiger partial charge is 0.185 e. The first-order valence-corrected chi connectivity index (χ1v) is 8.20. The van der Waals surface area contributed by atoms with Crippen molar-refractivity contribution in [3.8, 4) is 5.75 Å². The summed E-state index contributed by atoms with van der Waals surface area (Å²) < 4.78 is 57.1. The first-order valence-electron chi connectivity index (χ1n) is 6.55. The quantitative estimate of drug-likeness (QED) is 0.671. The molecule has 0 aliphatic rings. The summed E-state index contributed by atoms with van der Waals surface area (Å²) in [5.74, 6) is -2.08. The van der Waals surface area contributed by atoms with Crippen molar-refractivity contribution in [3.05, 3.63) is 59.7 Å². The van der Waals surface area contributed by atoms with Crippen LogP contribution in [0.2, 0.25) is 0 Å². The zero-order valence-electron chi connectivity index (χ0n) is 12.3. The Morgan fingerprint density at radius 2 is 1.91 bits per heavy atom. The lowest BCUT2D eigenvalue weighted by molar-refractivity contribution is 0.417. The van der Waals surface area contributed by atoms with Crippen LogP contribution in [-0.2, 0) is 15.6 Å². The molecular formula is C16H15F2NO3S. The fourth-order valence-electron chi connectivity index (χ4n) is 2.11. The van der Waals surface area contributed by atoms with E-state index in [1.165, 1.54) is 25.3 Å². The molecular weight excluding hydrogens is 324 g/mol. The normalized spacial score (nSPS) is 11.3. The van der Waals surface area contributed by atoms with Crippen LogP contribution in [0.5, 0.6) is 5.75 Å². The van der Waals surface area contributed by atoms with E-state index in [0.717, 1.165) is 12.1 Å². The van der Waals surface area contributed by atoms with E-state index in [-0.39, 0.29) is 11.3 Å². The summed E-state index contributed by atoms with van der Waals surface area (Å²) >= 11 is 0. The van der Waals surface area contributed by atoms with Crippen LogP contribution >= 0.6 is 0 Å². The van der Waals surface area contributed by atoms with Crippen LogP contribution in [0.4, 0.5) is 14.5 Å². The summed E-state index contributed by atoms with van der Waals surface area (Å²) in [6, 6.07) is 5.94. The minimum absolute atomic E-state index is 0.0841. The highest BCUT2D eigenvalue weighted by Crippen LogP contribution is 2.27. The highest BCUT2D eigenvalue weighted by Gasteiger charge is 2.22. The van der Waals surface area contributed by atoms with Gasteiger partial charge in [0.2, 0.25) is 0 Å². The summed E-state index contributed by atoms with van der Waals surface area (Å²) in [6.45, 7) is 3.37. The van der Waals surface area contributed by atoms with Gasteiger partial charge in [0.25, 0.3) is 0 Å². The Morgan fingerprint density at radius 3 is 2.48 bits per heavy atom. The molecule has 0 fully saturated rings. The molecule has 0 heterocycles. The molecule has 0 aliphatic carbocycles. The number of methoxy groups -OCH3 is 1. The molecule has 0 atom stereocenters. The second kappa shape index (κ2) is 6.37. The Morgan fingerprint density at radius 1 is 1.22 bits per heavy atom. The van der Waals surface area contributed by atoms with Gasteiger partial charge < -0.3 is 10.5 Å². The highest BCUT2D eigenvalue weighted by atomic mass is 32.2. The third kappa shape index (κ3) is 3.50. The summed E-state index contributed by atoms with van der Waals surface area (Å²) in [7, 11) is -2.58. The van der Waals surface area contributed by atoms with E-state index in [1.807, 2.05) is 0 Å². The Hall–Kier alpha value is -2.41. The zero-order valence-corrected chi connectivity index (χ0v) is 13.2. The number of benzene rings is 2. The molecule has 0 saturated heterocycles. The molecule has 0 aliphatic heterocycles. The van der Waals surface area contributed by atoms with Crippen molar-refractivity contribution in [1.29, 1.82) is 0 Å². The number of halogens is 2. The number of nitrogen functional groups attached to an aromatic ring is 1. The predicted molar refractivity (Wildman–Crippen MR) is 84.7 cm³/mol. The molecule has 2 aromatic rings. The highest BCUT2D eigenvalue weighted by molar-refractivity contribution is 7.90. The van der Waals surface area contributed by atoms with Crippen molar-refractivity contribution >= 4 is 21.6 Å². The lowest BCUT2D eigenvalue weighted by Gasteiger charge is -2.10. The number of anilines is 1. The number of hydrogen-bond acceptors (Lipinski definition) is 4. The van der Waals surface area contributed by atoms with Gasteiger partial charge in [-0.3, -0.25) is 0 Å². The van der Waals surface area contributed by atoms with Gasteiger partial charge in [-0.2, -0.15) is 0 Å². The molecule has 0 unspecified atom stereocenters. The molecule has 0 bridgehead atoms. The molecule has 7 heteroatoms. The van der Waals surface area contributed by atoms with Gasteiger partial charge >= 0.3 is 0 Å². The summed E-state index contributed by atoms with van der Waals surface area (Å²) in [6.07, 6.45) is 1.12. The maximum Gasteiger partial charge on any atom is 0.185 e. The standard InChI is InChI=1S/C16H15F2NO3S/c1-3-11-7-16(13(18)8-12(11)17)23(20,21)9-10-4-5-15(22-2)14(19)6-10/h3-8H,1,9,19H2,2H3. The maximum atomic E-state index is 13.9. The van der Waals surface area contributed by atoms with Crippen LogP contribution in [-0.4, -0.2) is 15.5 Å². The average molecular weight is 339 g/mol. The first kappa shape index (κ1) is 17.0. The van der Waals surface area contributed by atoms with Crippen LogP contribution in [0.3, 0.4) is 0 Å². The minimum atomic E-state index is -4.02. The third-order valence-corrected chi connectivity index (χ3v) is 4.95. The van der Waals surface area contributed by atoms with Gasteiger partial charge in [-0.05, 0) is 23.8 Å². The van der Waals surface area contributed by atoms with E-state index in [4.69, 9.17) is 10.5 Å². The molecule has 4 nitrogen and oxygen atoms in total. The molecule has 0 radical (unpaired) electrons. The maximum absolute atomic E-state index is 13.9. The summed E-state index contributed by atoms with van der Waals surface area (Å²) in [5, 5.41) is 0. The number of sulfone groups is 1. The van der Waals surface area contributed by atoms with Crippen LogP contribution in [0.25, 0.3) is 6.08 Å². The second-order valence-corrected chi connectivity index (χ2v) is 6.80. The average Bonchev–Trinajstić information content (AvgIpc) is 2.46. The number of rotatable bonds is 5. The van der Waals surface area contributed by atoms with E-state index in [2.05, 4.69) is 6.58 Å². The fraction of sp³-hybridized carbons (Fsp3) is 0.125. The lowest BCUT2D eigenvalue weighted by Crippen LogP contribution is -2.09. The van der Waals surface area contributed by atoms with Crippen LogP contribution < -0.4 is 10.5 Å². The minimum Gasteiger partial charge on any atom is -0.495 e. The Kier molecular flexibility index (Phi) is 4.70. The SMILES string of the molecule is C=Cc1cc(S(=O)(=O)Cc2ccc(OC)c(N)c2)c(F)cc1F. The number of nitrogens with two attached hydrogens (primary N) is 1. The van der Waals surface area contributed by atoms with Gasteiger partial charge in [0.1, 0.15) is 22.3 Å². The van der Waals surface area contributed by atoms with Gasteiger partial charge in [0.05, 0.1) is 18.6 Å². The zero-order chi connectivity index (χ0) is 17.2. The molecule has 23 heavy (non-hydrogen) atoms. The van der Waals surface area contributed by atoms with Crippen LogP contribution in [0, 0.1) is 11.6 Å². The van der Waals surface area contributed by atoms with Gasteiger partial charge in [-0.1, -0.05) is 18.7 Å². The Labute approximate surface area is 133 Å². The molecule has 0 aromatic heterocycles. The Bertz CT molecular complexity index is 864. The van der Waals surface area contributed by atoms with Gasteiger partial charge in [-0.15, -0.1) is 0 Å². The molecule has 2 rings (SSSR count). The summed E-state index contributed by atoms with van der Waals surface area (Å²) in [4.78, 5) is -0.580. The van der Waals surface area contributed by atoms with E-state index in [0.29, 0.717) is 17.4 Å². The summed E-state index contributed by atoms with van der Waals surface area (Å²) in [5.41, 5.74) is 6.28. The van der Waals surface area contributed by atoms with Crippen molar-refractivity contribution in [2.45, 2.75) is 10.6 Å². The van der Waals surface area contributed by atoms with Crippen molar-refractivity contribution < 1.29 is 21.9 Å². The van der Waals surface area contributed by atoms with Gasteiger partial charge in [0.15, 0.2) is 9.84 Å². The van der Waals surface area contributed by atoms with Crippen molar-refractivity contribution in [2.24, 2.45) is 0 Å². The van der Waals surface area contributed by atoms with Crippen LogP contribution in [0.15, 0.2) is 41.8 Å². The molecule has 122 valence electrons. The van der Waals surface area contributed by atoms with E-state index < -0.39 is 32.1 Å². The van der Waals surface area contributed by atoms with Crippen LogP contribution in [0.1, 0.15) is 11.1 Å². The van der Waals surface area contributed by atoms with Gasteiger partial charge in [-0.25, -0.2) is 17.2 Å². The largest absolute Gasteiger partial charge is 0.495 e. The van der Waals surface area contributed by atoms with E-state index >= 15 is 0 Å². The second-order valence-electron chi connectivity index (χ2n) is 4.84. The number of ether oxygens (including phenoxy) is 1. The van der Waals surface area contributed by atoms with Gasteiger partial charge in [0, 0.05) is 11.6 Å². The molecule has 0 spiro atoms. The monoisotopic (exact) mass is 339 g/mol. The first-order chi connectivity index (χ1) is 10.8. The predicted octanol–water partition coefficient (Wildman–Crippen LogP) is 3.17. The van der Waals surface area contributed by atoms with Crippen molar-refractivity contribution in [2.75, 3.05) is 12.8 Å².